The number of rotatable bonds is 8. The van der Waals surface area contributed by atoms with Gasteiger partial charge in [0.25, 0.3) is 11.6 Å². The first-order chi connectivity index (χ1) is 12.3. The maximum absolute atomic E-state index is 12.9. The Bertz CT molecular complexity index is 793. The van der Waals surface area contributed by atoms with Crippen LogP contribution in [0.15, 0.2) is 10.6 Å². The fourth-order valence-electron chi connectivity index (χ4n) is 3.31. The van der Waals surface area contributed by atoms with E-state index in [-0.39, 0.29) is 12.5 Å². The predicted molar refractivity (Wildman–Crippen MR) is 99.3 cm³/mol. The molecule has 1 aliphatic rings. The molecule has 0 radical (unpaired) electrons. The van der Waals surface area contributed by atoms with Crippen LogP contribution < -0.4 is 5.32 Å². The molecule has 7 heteroatoms. The van der Waals surface area contributed by atoms with E-state index in [1.54, 1.807) is 6.92 Å². The zero-order valence-electron chi connectivity index (χ0n) is 16.0. The summed E-state index contributed by atoms with van der Waals surface area (Å²) >= 11 is 0. The zero-order valence-corrected chi connectivity index (χ0v) is 16.0. The van der Waals surface area contributed by atoms with Gasteiger partial charge in [0.1, 0.15) is 0 Å². The third-order valence-corrected chi connectivity index (χ3v) is 4.55. The normalized spacial score (nSPS) is 16.8. The molecule has 2 N–H and O–H groups in total. The second kappa shape index (κ2) is 7.32. The summed E-state index contributed by atoms with van der Waals surface area (Å²) in [5, 5.41) is 18.1. The van der Waals surface area contributed by atoms with Crippen LogP contribution in [-0.2, 0) is 6.42 Å². The number of hydrogen-bond donors (Lipinski definition) is 2. The maximum atomic E-state index is 12.9. The number of aliphatic hydroxyl groups is 1. The van der Waals surface area contributed by atoms with Gasteiger partial charge in [-0.05, 0) is 46.3 Å². The van der Waals surface area contributed by atoms with Crippen LogP contribution in [0.5, 0.6) is 0 Å². The van der Waals surface area contributed by atoms with Crippen LogP contribution in [0.25, 0.3) is 11.1 Å². The molecule has 1 saturated carbocycles. The number of likely N-dealkylation sites (N-methyl/N-ethyl adjacent to an activating group) is 1. The molecular weight excluding hydrogens is 332 g/mol. The van der Waals surface area contributed by atoms with Gasteiger partial charge in [-0.25, -0.2) is 4.98 Å². The van der Waals surface area contributed by atoms with Crippen molar-refractivity contribution in [2.24, 2.45) is 0 Å². The fraction of sp³-hybridized carbons (Fsp3) is 0.632. The van der Waals surface area contributed by atoms with E-state index in [2.05, 4.69) is 22.4 Å². The van der Waals surface area contributed by atoms with Gasteiger partial charge in [-0.15, -0.1) is 0 Å². The van der Waals surface area contributed by atoms with E-state index in [1.807, 2.05) is 25.1 Å². The van der Waals surface area contributed by atoms with Crippen molar-refractivity contribution in [3.05, 3.63) is 23.0 Å². The first-order valence-electron chi connectivity index (χ1n) is 9.25. The summed E-state index contributed by atoms with van der Waals surface area (Å²) in [5.74, 6) is 0.182. The minimum Gasteiger partial charge on any atom is -0.387 e. The zero-order chi connectivity index (χ0) is 18.9. The second-order valence-electron chi connectivity index (χ2n) is 7.85. The van der Waals surface area contributed by atoms with Crippen LogP contribution in [-0.4, -0.2) is 58.8 Å². The lowest BCUT2D eigenvalue weighted by molar-refractivity contribution is 0.0326. The Kier molecular flexibility index (Phi) is 5.29. The van der Waals surface area contributed by atoms with Crippen molar-refractivity contribution >= 4 is 17.0 Å². The second-order valence-corrected chi connectivity index (χ2v) is 7.85. The smallest absolute Gasteiger partial charge is 0.259 e. The molecule has 7 nitrogen and oxygen atoms in total. The van der Waals surface area contributed by atoms with Crippen molar-refractivity contribution < 1.29 is 14.4 Å². The van der Waals surface area contributed by atoms with Crippen molar-refractivity contribution in [2.45, 2.75) is 51.0 Å². The Morgan fingerprint density at radius 2 is 2.19 bits per heavy atom. The molecule has 142 valence electrons. The Morgan fingerprint density at radius 1 is 1.46 bits per heavy atom. The number of fused-ring (bicyclic) bond motifs is 1. The minimum atomic E-state index is -1.01. The third-order valence-electron chi connectivity index (χ3n) is 4.55. The molecule has 26 heavy (non-hydrogen) atoms. The topological polar surface area (TPSA) is 91.5 Å². The van der Waals surface area contributed by atoms with Crippen LogP contribution in [0.4, 0.5) is 0 Å². The number of nitrogens with one attached hydrogen (secondary N) is 1. The molecule has 3 rings (SSSR count). The van der Waals surface area contributed by atoms with Gasteiger partial charge in [0.15, 0.2) is 0 Å². The number of nitrogens with zero attached hydrogens (tertiary/aromatic N) is 3. The highest BCUT2D eigenvalue weighted by atomic mass is 16.5. The van der Waals surface area contributed by atoms with Crippen LogP contribution >= 0.6 is 0 Å². The van der Waals surface area contributed by atoms with E-state index in [9.17, 15) is 9.90 Å². The lowest BCUT2D eigenvalue weighted by atomic mass is 10.0. The lowest BCUT2D eigenvalue weighted by Crippen LogP contribution is -2.47. The molecule has 2 heterocycles. The Hall–Kier alpha value is -1.99. The Labute approximate surface area is 153 Å². The quantitative estimate of drug-likeness (QED) is 0.749. The molecule has 0 aliphatic heterocycles. The molecule has 1 amide bonds. The summed E-state index contributed by atoms with van der Waals surface area (Å²) in [5.41, 5.74) is 1.63. The first kappa shape index (κ1) is 18.8. The van der Waals surface area contributed by atoms with E-state index in [0.29, 0.717) is 29.1 Å². The van der Waals surface area contributed by atoms with Gasteiger partial charge in [-0.3, -0.25) is 4.79 Å². The van der Waals surface area contributed by atoms with Crippen molar-refractivity contribution in [1.29, 1.82) is 0 Å². The molecule has 1 unspecified atom stereocenters. The molecule has 0 saturated heterocycles. The van der Waals surface area contributed by atoms with E-state index < -0.39 is 5.60 Å². The first-order valence-corrected chi connectivity index (χ1v) is 9.25. The summed E-state index contributed by atoms with van der Waals surface area (Å²) in [7, 11) is 3.78. The standard InChI is InChI=1S/C19H28N4O3/c1-5-6-14-16-13(17(24)20-10-19(2,25)11-23(3)4)9-15(12-7-8-12)21-18(16)26-22-14/h9,12,25H,5-8,10-11H2,1-4H3,(H,20,24). The van der Waals surface area contributed by atoms with Crippen LogP contribution in [0.2, 0.25) is 0 Å². The average Bonchev–Trinajstić information content (AvgIpc) is 3.33. The van der Waals surface area contributed by atoms with Gasteiger partial charge < -0.3 is 19.8 Å². The maximum Gasteiger partial charge on any atom is 0.259 e. The molecule has 0 aromatic carbocycles. The number of carbonyl (C=O) groups is 1. The number of amides is 1. The average molecular weight is 360 g/mol. The highest BCUT2D eigenvalue weighted by molar-refractivity contribution is 6.06. The summed E-state index contributed by atoms with van der Waals surface area (Å²) < 4.78 is 5.41. The molecule has 1 fully saturated rings. The monoisotopic (exact) mass is 360 g/mol. The molecular formula is C19H28N4O3. The van der Waals surface area contributed by atoms with Gasteiger partial charge in [-0.2, -0.15) is 0 Å². The van der Waals surface area contributed by atoms with Crippen molar-refractivity contribution in [2.75, 3.05) is 27.2 Å². The number of aryl methyl sites for hydroxylation is 1. The van der Waals surface area contributed by atoms with Gasteiger partial charge in [0.2, 0.25) is 0 Å². The van der Waals surface area contributed by atoms with Gasteiger partial charge in [0.05, 0.1) is 22.2 Å². The third kappa shape index (κ3) is 4.22. The van der Waals surface area contributed by atoms with E-state index in [1.165, 1.54) is 0 Å². The van der Waals surface area contributed by atoms with Crippen LogP contribution in [0, 0.1) is 0 Å². The number of hydrogen-bond acceptors (Lipinski definition) is 6. The summed E-state index contributed by atoms with van der Waals surface area (Å²) in [6.45, 7) is 4.40. The summed E-state index contributed by atoms with van der Waals surface area (Å²) in [6.07, 6.45) is 3.82. The minimum absolute atomic E-state index is 0.168. The lowest BCUT2D eigenvalue weighted by Gasteiger charge is -2.27. The Morgan fingerprint density at radius 3 is 2.81 bits per heavy atom. The highest BCUT2D eigenvalue weighted by Crippen LogP contribution is 2.40. The molecule has 0 bridgehead atoms. The van der Waals surface area contributed by atoms with Gasteiger partial charge >= 0.3 is 0 Å². The Balaban J connectivity index is 1.89. The van der Waals surface area contributed by atoms with Gasteiger partial charge in [0, 0.05) is 24.7 Å². The van der Waals surface area contributed by atoms with Crippen molar-refractivity contribution in [1.82, 2.24) is 20.4 Å². The van der Waals surface area contributed by atoms with Gasteiger partial charge in [-0.1, -0.05) is 18.5 Å². The predicted octanol–water partition coefficient (Wildman–Crippen LogP) is 2.10. The largest absolute Gasteiger partial charge is 0.387 e. The fourth-order valence-corrected chi connectivity index (χ4v) is 3.31. The van der Waals surface area contributed by atoms with E-state index in [4.69, 9.17) is 4.52 Å². The molecule has 1 aliphatic carbocycles. The van der Waals surface area contributed by atoms with Crippen molar-refractivity contribution in [3.63, 3.8) is 0 Å². The molecule has 0 spiro atoms. The summed E-state index contributed by atoms with van der Waals surface area (Å²) in [6, 6.07) is 1.87. The van der Waals surface area contributed by atoms with E-state index in [0.717, 1.165) is 37.1 Å². The number of pyridine rings is 1. The molecule has 2 aromatic heterocycles. The molecule has 1 atom stereocenters. The van der Waals surface area contributed by atoms with Crippen LogP contribution in [0.1, 0.15) is 60.8 Å². The SMILES string of the molecule is CCCc1noc2nc(C3CC3)cc(C(=O)NCC(C)(O)CN(C)C)c12. The van der Waals surface area contributed by atoms with Crippen molar-refractivity contribution in [3.8, 4) is 0 Å². The number of aromatic nitrogens is 2. The van der Waals surface area contributed by atoms with E-state index >= 15 is 0 Å². The number of carbonyl (C=O) groups excluding carboxylic acids is 1. The van der Waals surface area contributed by atoms with Crippen LogP contribution in [0.3, 0.4) is 0 Å². The highest BCUT2D eigenvalue weighted by Gasteiger charge is 2.30. The summed E-state index contributed by atoms with van der Waals surface area (Å²) in [4.78, 5) is 19.4. The molecule has 2 aromatic rings.